The Labute approximate surface area is 150 Å². The number of rotatable bonds is 4. The minimum absolute atomic E-state index is 0.102. The summed E-state index contributed by atoms with van der Waals surface area (Å²) in [6.07, 6.45) is 1.47. The van der Waals surface area contributed by atoms with Crippen molar-refractivity contribution >= 4 is 23.5 Å². The number of anilines is 1. The number of hydrogen-bond donors (Lipinski definition) is 2. The molecule has 0 spiro atoms. The third-order valence-electron chi connectivity index (χ3n) is 4.04. The van der Waals surface area contributed by atoms with Gasteiger partial charge >= 0.3 is 6.03 Å². The fraction of sp³-hybridized carbons (Fsp3) is 0.278. The van der Waals surface area contributed by atoms with E-state index in [-0.39, 0.29) is 18.4 Å². The highest BCUT2D eigenvalue weighted by atomic mass is 16.3. The van der Waals surface area contributed by atoms with Crippen LogP contribution in [0, 0.1) is 0 Å². The van der Waals surface area contributed by atoms with Gasteiger partial charge in [0.15, 0.2) is 5.76 Å². The predicted molar refractivity (Wildman–Crippen MR) is 94.7 cm³/mol. The first-order valence-electron chi connectivity index (χ1n) is 8.33. The van der Waals surface area contributed by atoms with E-state index < -0.39 is 6.03 Å². The van der Waals surface area contributed by atoms with E-state index in [1.807, 2.05) is 11.0 Å². The van der Waals surface area contributed by atoms with Gasteiger partial charge in [-0.1, -0.05) is 18.2 Å². The molecule has 0 bridgehead atoms. The van der Waals surface area contributed by atoms with E-state index in [0.717, 1.165) is 0 Å². The number of nitrogens with one attached hydrogen (secondary N) is 2. The van der Waals surface area contributed by atoms with E-state index in [1.165, 1.54) is 6.26 Å². The van der Waals surface area contributed by atoms with Crippen molar-refractivity contribution in [2.45, 2.75) is 0 Å². The average molecular weight is 356 g/mol. The second kappa shape index (κ2) is 8.30. The van der Waals surface area contributed by atoms with E-state index >= 15 is 0 Å². The van der Waals surface area contributed by atoms with Crippen LogP contribution in [-0.4, -0.2) is 60.4 Å². The van der Waals surface area contributed by atoms with Crippen LogP contribution in [0.4, 0.5) is 10.5 Å². The Hall–Kier alpha value is -3.13. The topological polar surface area (TPSA) is 94.9 Å². The van der Waals surface area contributed by atoms with Gasteiger partial charge in [0.25, 0.3) is 5.91 Å². The van der Waals surface area contributed by atoms with E-state index in [4.69, 9.17) is 4.42 Å². The van der Waals surface area contributed by atoms with Gasteiger partial charge in [0.1, 0.15) is 0 Å². The van der Waals surface area contributed by atoms with Crippen molar-refractivity contribution in [2.24, 2.45) is 0 Å². The fourth-order valence-corrected chi connectivity index (χ4v) is 2.72. The predicted octanol–water partition coefficient (Wildman–Crippen LogP) is 1.39. The van der Waals surface area contributed by atoms with Crippen LogP contribution in [0.1, 0.15) is 10.6 Å². The van der Waals surface area contributed by atoms with Crippen molar-refractivity contribution in [1.29, 1.82) is 0 Å². The number of hydrogen-bond acceptors (Lipinski definition) is 5. The number of benzene rings is 1. The van der Waals surface area contributed by atoms with Crippen LogP contribution in [0.25, 0.3) is 0 Å². The zero-order valence-corrected chi connectivity index (χ0v) is 14.2. The maximum Gasteiger partial charge on any atom is 0.325 e. The minimum Gasteiger partial charge on any atom is -0.459 e. The molecule has 1 aromatic carbocycles. The Morgan fingerprint density at radius 3 is 2.35 bits per heavy atom. The number of para-hydroxylation sites is 1. The summed E-state index contributed by atoms with van der Waals surface area (Å²) in [6, 6.07) is 11.6. The molecule has 1 aliphatic rings. The summed E-state index contributed by atoms with van der Waals surface area (Å²) in [7, 11) is 0. The number of carbonyl (C=O) groups excluding carboxylic acids is 3. The van der Waals surface area contributed by atoms with Crippen molar-refractivity contribution in [3.8, 4) is 0 Å². The first-order valence-corrected chi connectivity index (χ1v) is 8.33. The monoisotopic (exact) mass is 356 g/mol. The van der Waals surface area contributed by atoms with Crippen LogP contribution in [0.2, 0.25) is 0 Å². The molecule has 8 heteroatoms. The quantitative estimate of drug-likeness (QED) is 0.863. The third-order valence-corrected chi connectivity index (χ3v) is 4.04. The molecular weight excluding hydrogens is 336 g/mol. The third kappa shape index (κ3) is 4.70. The largest absolute Gasteiger partial charge is 0.459 e. The van der Waals surface area contributed by atoms with Crippen LogP contribution < -0.4 is 10.6 Å². The molecule has 1 aliphatic heterocycles. The molecule has 4 amide bonds. The van der Waals surface area contributed by atoms with Crippen molar-refractivity contribution in [3.05, 3.63) is 54.5 Å². The Balaban J connectivity index is 1.40. The van der Waals surface area contributed by atoms with Gasteiger partial charge < -0.3 is 14.6 Å². The zero-order valence-electron chi connectivity index (χ0n) is 14.2. The second-order valence-corrected chi connectivity index (χ2v) is 5.91. The molecule has 2 aromatic rings. The van der Waals surface area contributed by atoms with Crippen LogP contribution in [0.15, 0.2) is 53.1 Å². The molecule has 2 N–H and O–H groups in total. The summed E-state index contributed by atoms with van der Waals surface area (Å²) in [6.45, 7) is 2.22. The van der Waals surface area contributed by atoms with Crippen molar-refractivity contribution in [2.75, 3.05) is 38.0 Å². The molecule has 0 atom stereocenters. The lowest BCUT2D eigenvalue weighted by Gasteiger charge is -2.33. The molecule has 1 fully saturated rings. The van der Waals surface area contributed by atoms with Crippen molar-refractivity contribution < 1.29 is 18.8 Å². The lowest BCUT2D eigenvalue weighted by Crippen LogP contribution is -2.51. The molecule has 1 saturated heterocycles. The van der Waals surface area contributed by atoms with E-state index in [2.05, 4.69) is 10.6 Å². The number of imide groups is 1. The standard InChI is InChI=1S/C18H20N4O4/c23-16(20-18(25)19-14-5-2-1-3-6-14)13-21-8-10-22(11-9-21)17(24)15-7-4-12-26-15/h1-7,12H,8-11,13H2,(H2,19,20,23,25). The molecule has 0 saturated carbocycles. The van der Waals surface area contributed by atoms with E-state index in [9.17, 15) is 14.4 Å². The molecule has 0 aliphatic carbocycles. The van der Waals surface area contributed by atoms with E-state index in [0.29, 0.717) is 37.6 Å². The summed E-state index contributed by atoms with van der Waals surface area (Å²) in [5, 5.41) is 4.90. The summed E-state index contributed by atoms with van der Waals surface area (Å²) < 4.78 is 5.12. The Bertz CT molecular complexity index is 753. The minimum atomic E-state index is -0.562. The van der Waals surface area contributed by atoms with Gasteiger partial charge in [-0.15, -0.1) is 0 Å². The van der Waals surface area contributed by atoms with Crippen LogP contribution >= 0.6 is 0 Å². The lowest BCUT2D eigenvalue weighted by atomic mass is 10.3. The summed E-state index contributed by atoms with van der Waals surface area (Å²) in [5.74, 6) is -0.223. The smallest absolute Gasteiger partial charge is 0.325 e. The number of piperazine rings is 1. The SMILES string of the molecule is O=C(CN1CCN(C(=O)c2ccco2)CC1)NC(=O)Nc1ccccc1. The highest BCUT2D eigenvalue weighted by Crippen LogP contribution is 2.09. The summed E-state index contributed by atoms with van der Waals surface area (Å²) in [4.78, 5) is 39.6. The van der Waals surface area contributed by atoms with Gasteiger partial charge in [-0.25, -0.2) is 4.79 Å². The molecule has 0 unspecified atom stereocenters. The number of nitrogens with zero attached hydrogens (tertiary/aromatic N) is 2. The number of urea groups is 1. The molecule has 2 heterocycles. The molecule has 1 aromatic heterocycles. The maximum atomic E-state index is 12.2. The van der Waals surface area contributed by atoms with Gasteiger partial charge in [-0.2, -0.15) is 0 Å². The highest BCUT2D eigenvalue weighted by Gasteiger charge is 2.24. The summed E-state index contributed by atoms with van der Waals surface area (Å²) >= 11 is 0. The van der Waals surface area contributed by atoms with Gasteiger partial charge in [0.05, 0.1) is 12.8 Å². The van der Waals surface area contributed by atoms with Crippen LogP contribution in [0.3, 0.4) is 0 Å². The highest BCUT2D eigenvalue weighted by molar-refractivity contribution is 6.01. The van der Waals surface area contributed by atoms with Crippen LogP contribution in [0.5, 0.6) is 0 Å². The molecule has 3 rings (SSSR count). The molecule has 26 heavy (non-hydrogen) atoms. The number of carbonyl (C=O) groups is 3. The number of amides is 4. The van der Waals surface area contributed by atoms with Crippen molar-refractivity contribution in [1.82, 2.24) is 15.1 Å². The Kier molecular flexibility index (Phi) is 5.65. The molecule has 0 radical (unpaired) electrons. The Morgan fingerprint density at radius 2 is 1.69 bits per heavy atom. The fourth-order valence-electron chi connectivity index (χ4n) is 2.72. The van der Waals surface area contributed by atoms with E-state index in [1.54, 1.807) is 41.3 Å². The first-order chi connectivity index (χ1) is 12.6. The van der Waals surface area contributed by atoms with Crippen LogP contribution in [-0.2, 0) is 4.79 Å². The second-order valence-electron chi connectivity index (χ2n) is 5.91. The average Bonchev–Trinajstić information content (AvgIpc) is 3.17. The zero-order chi connectivity index (χ0) is 18.4. The molecule has 8 nitrogen and oxygen atoms in total. The van der Waals surface area contributed by atoms with Gasteiger partial charge in [-0.05, 0) is 24.3 Å². The lowest BCUT2D eigenvalue weighted by molar-refractivity contribution is -0.121. The molecular formula is C18H20N4O4. The first kappa shape index (κ1) is 17.7. The van der Waals surface area contributed by atoms with Gasteiger partial charge in [-0.3, -0.25) is 19.8 Å². The normalized spacial score (nSPS) is 14.7. The van der Waals surface area contributed by atoms with Crippen molar-refractivity contribution in [3.63, 3.8) is 0 Å². The Morgan fingerprint density at radius 1 is 0.962 bits per heavy atom. The maximum absolute atomic E-state index is 12.2. The summed E-state index contributed by atoms with van der Waals surface area (Å²) in [5.41, 5.74) is 0.614. The molecule has 136 valence electrons. The van der Waals surface area contributed by atoms with Gasteiger partial charge in [0, 0.05) is 31.9 Å². The van der Waals surface area contributed by atoms with Gasteiger partial charge in [0.2, 0.25) is 5.91 Å². The number of furan rings is 1.